The summed E-state index contributed by atoms with van der Waals surface area (Å²) in [6.07, 6.45) is 0.173. The number of carbonyl (C=O) groups excluding carboxylic acids is 1. The van der Waals surface area contributed by atoms with E-state index < -0.39 is 45.8 Å². The van der Waals surface area contributed by atoms with Crippen LogP contribution in [0.4, 0.5) is 0 Å². The summed E-state index contributed by atoms with van der Waals surface area (Å²) in [4.78, 5) is 11.3. The molecule has 1 atom stereocenters. The molecule has 0 aliphatic heterocycles. The Morgan fingerprint density at radius 1 is 0.920 bits per heavy atom. The molecule has 1 unspecified atom stereocenters. The fourth-order valence-corrected chi connectivity index (χ4v) is 16.7. The molecule has 0 aliphatic carbocycles. The summed E-state index contributed by atoms with van der Waals surface area (Å²) in [6.45, 7) is 22.0. The highest BCUT2D eigenvalue weighted by atomic mass is 28.5. The van der Waals surface area contributed by atoms with Crippen LogP contribution >= 0.6 is 0 Å². The molecule has 10 heteroatoms. The van der Waals surface area contributed by atoms with Gasteiger partial charge in [-0.1, -0.05) is 6.58 Å². The van der Waals surface area contributed by atoms with Crippen LogP contribution in [0.3, 0.4) is 0 Å². The van der Waals surface area contributed by atoms with Crippen molar-refractivity contribution in [3.8, 4) is 0 Å². The van der Waals surface area contributed by atoms with Gasteiger partial charge in [-0.15, -0.1) is 0 Å². The first-order valence-electron chi connectivity index (χ1n) is 8.55. The van der Waals surface area contributed by atoms with Gasteiger partial charge in [0.25, 0.3) is 0 Å². The number of aliphatic hydroxyl groups excluding tert-OH is 1. The van der Waals surface area contributed by atoms with Crippen molar-refractivity contribution in [1.29, 1.82) is 0 Å². The minimum absolute atomic E-state index is 0.126. The van der Waals surface area contributed by atoms with Gasteiger partial charge in [-0.2, -0.15) is 0 Å². The number of rotatable bonds is 11. The Morgan fingerprint density at radius 2 is 1.28 bits per heavy atom. The topological polar surface area (TPSA) is 74.2 Å². The smallest absolute Gasteiger partial charge is 0.460 e. The van der Waals surface area contributed by atoms with Crippen molar-refractivity contribution < 1.29 is 27.0 Å². The second-order valence-electron chi connectivity index (χ2n) is 9.02. The minimum atomic E-state index is -3.13. The van der Waals surface area contributed by atoms with Crippen molar-refractivity contribution in [2.45, 2.75) is 71.1 Å². The molecule has 0 fully saturated rings. The van der Waals surface area contributed by atoms with E-state index >= 15 is 0 Å². The molecule has 0 saturated carbocycles. The van der Waals surface area contributed by atoms with E-state index in [-0.39, 0.29) is 12.7 Å². The average molecular weight is 425 g/mol. The Balaban J connectivity index is 5.56. The summed E-state index contributed by atoms with van der Waals surface area (Å²) in [5.74, 6) is -0.560. The van der Waals surface area contributed by atoms with Crippen molar-refractivity contribution in [3.05, 3.63) is 12.7 Å². The molecular weight excluding hydrogens is 389 g/mol. The lowest BCUT2D eigenvalue weighted by Crippen LogP contribution is -2.61. The number of esters is 1. The first kappa shape index (κ1) is 24.9. The third-order valence-corrected chi connectivity index (χ3v) is 14.5. The number of hydrogen-bond acceptors (Lipinski definition) is 6. The zero-order valence-corrected chi connectivity index (χ0v) is 21.3. The molecule has 0 aromatic heterocycles. The van der Waals surface area contributed by atoms with Gasteiger partial charge in [0, 0.05) is 12.1 Å². The van der Waals surface area contributed by atoms with Gasteiger partial charge in [-0.3, -0.25) is 0 Å². The van der Waals surface area contributed by atoms with Crippen LogP contribution in [0.2, 0.25) is 65.0 Å². The highest BCUT2D eigenvalue weighted by Crippen LogP contribution is 2.30. The van der Waals surface area contributed by atoms with Crippen molar-refractivity contribution in [2.75, 3.05) is 6.61 Å². The Kier molecular flexibility index (Phi) is 9.19. The predicted octanol–water partition coefficient (Wildman–Crippen LogP) is 3.57. The molecule has 0 bridgehead atoms. The summed E-state index contributed by atoms with van der Waals surface area (Å²) >= 11 is 0. The average Bonchev–Trinajstić information content (AvgIpc) is 2.28. The highest BCUT2D eigenvalue weighted by Gasteiger charge is 2.51. The number of hydrogen-bond donors (Lipinski definition) is 1. The molecule has 6 nitrogen and oxygen atoms in total. The molecule has 0 spiro atoms. The lowest BCUT2D eigenvalue weighted by molar-refractivity contribution is -0.140. The van der Waals surface area contributed by atoms with Crippen molar-refractivity contribution >= 4 is 39.7 Å². The van der Waals surface area contributed by atoms with Gasteiger partial charge in [-0.05, 0) is 58.9 Å². The summed E-state index contributed by atoms with van der Waals surface area (Å²) in [5, 5.41) is 10.4. The van der Waals surface area contributed by atoms with Crippen LogP contribution in [-0.4, -0.2) is 57.5 Å². The van der Waals surface area contributed by atoms with E-state index in [1.807, 2.05) is 0 Å². The van der Waals surface area contributed by atoms with Gasteiger partial charge in [-0.25, -0.2) is 4.79 Å². The molecule has 0 rings (SSSR count). The summed E-state index contributed by atoms with van der Waals surface area (Å²) in [6, 6.07) is 0.218. The van der Waals surface area contributed by atoms with Crippen LogP contribution in [-0.2, 0) is 21.9 Å². The molecule has 148 valence electrons. The second kappa shape index (κ2) is 9.22. The zero-order valence-electron chi connectivity index (χ0n) is 17.3. The number of ether oxygens (including phenoxy) is 1. The lowest BCUT2D eigenvalue weighted by Gasteiger charge is -2.43. The number of carbonyl (C=O) groups is 1. The summed E-state index contributed by atoms with van der Waals surface area (Å²) in [5.41, 5.74) is 0. The van der Waals surface area contributed by atoms with Crippen molar-refractivity contribution in [3.63, 3.8) is 0 Å². The molecule has 25 heavy (non-hydrogen) atoms. The maximum atomic E-state index is 11.3. The van der Waals surface area contributed by atoms with E-state index in [1.165, 1.54) is 0 Å². The highest BCUT2D eigenvalue weighted by molar-refractivity contribution is 6.90. The van der Waals surface area contributed by atoms with Crippen LogP contribution in [0.1, 0.15) is 0 Å². The third kappa shape index (κ3) is 12.8. The molecule has 0 aromatic rings. The lowest BCUT2D eigenvalue weighted by atomic mass is 10.4. The first-order valence-corrected chi connectivity index (χ1v) is 20.7. The second-order valence-corrected chi connectivity index (χ2v) is 25.9. The molecule has 0 saturated heterocycles. The van der Waals surface area contributed by atoms with E-state index in [0.717, 1.165) is 6.08 Å². The molecule has 0 heterocycles. The van der Waals surface area contributed by atoms with Gasteiger partial charge >= 0.3 is 14.8 Å². The number of aliphatic hydroxyl groups is 1. The van der Waals surface area contributed by atoms with Gasteiger partial charge < -0.3 is 22.2 Å². The van der Waals surface area contributed by atoms with Gasteiger partial charge in [0.05, 0.1) is 6.10 Å². The van der Waals surface area contributed by atoms with Crippen LogP contribution in [0.25, 0.3) is 0 Å². The van der Waals surface area contributed by atoms with Crippen LogP contribution in [0.5, 0.6) is 0 Å². The maximum Gasteiger partial charge on any atom is 0.472 e. The molecule has 1 N–H and O–H groups in total. The zero-order chi connectivity index (χ0) is 20.1. The van der Waals surface area contributed by atoms with E-state index in [9.17, 15) is 9.90 Å². The SMILES string of the molecule is C=CC(=O)OCC(O)C[Si](O[Si](C)(C)C)(O[Si](C)(C)C)O[Si](C)(C)C. The molecule has 0 aliphatic rings. The van der Waals surface area contributed by atoms with E-state index in [2.05, 4.69) is 65.5 Å². The Bertz CT molecular complexity index is 410. The Labute approximate surface area is 157 Å². The standard InChI is InChI=1S/C15H36O6Si4/c1-11-15(17)18-12-14(16)13-25(19-22(2,3)4,20-23(5,6)7)21-24(8,9)10/h11,14,16H,1,12-13H2,2-10H3. The van der Waals surface area contributed by atoms with Gasteiger partial charge in [0.2, 0.25) is 0 Å². The summed E-state index contributed by atoms with van der Waals surface area (Å²) < 4.78 is 24.4. The third-order valence-electron chi connectivity index (χ3n) is 2.46. The van der Waals surface area contributed by atoms with Crippen LogP contribution < -0.4 is 0 Å². The largest absolute Gasteiger partial charge is 0.472 e. The quantitative estimate of drug-likeness (QED) is 0.310. The molecule has 0 amide bonds. The van der Waals surface area contributed by atoms with E-state index in [0.29, 0.717) is 0 Å². The maximum absolute atomic E-state index is 11.3. The van der Waals surface area contributed by atoms with Gasteiger partial charge in [0.15, 0.2) is 25.0 Å². The molecular formula is C15H36O6Si4. The monoisotopic (exact) mass is 424 g/mol. The Morgan fingerprint density at radius 3 is 1.56 bits per heavy atom. The minimum Gasteiger partial charge on any atom is -0.460 e. The normalized spacial score (nSPS) is 15.0. The van der Waals surface area contributed by atoms with Crippen molar-refractivity contribution in [2.24, 2.45) is 0 Å². The van der Waals surface area contributed by atoms with Gasteiger partial charge in [0.1, 0.15) is 6.61 Å². The fourth-order valence-electron chi connectivity index (χ4n) is 2.17. The van der Waals surface area contributed by atoms with E-state index in [4.69, 9.17) is 17.1 Å². The molecule has 0 aromatic carbocycles. The van der Waals surface area contributed by atoms with Crippen LogP contribution in [0.15, 0.2) is 12.7 Å². The predicted molar refractivity (Wildman–Crippen MR) is 111 cm³/mol. The first-order chi connectivity index (χ1) is 11.0. The Hall–Kier alpha value is -0.0825. The van der Waals surface area contributed by atoms with Crippen molar-refractivity contribution in [1.82, 2.24) is 0 Å². The summed E-state index contributed by atoms with van der Waals surface area (Å²) in [7, 11) is -9.10. The fraction of sp³-hybridized carbons (Fsp3) is 0.800. The molecule has 0 radical (unpaired) electrons. The van der Waals surface area contributed by atoms with Crippen LogP contribution in [0, 0.1) is 0 Å². The van der Waals surface area contributed by atoms with E-state index in [1.54, 1.807) is 0 Å².